The van der Waals surface area contributed by atoms with Crippen LogP contribution in [0.3, 0.4) is 0 Å². The molecular weight excluding hydrogens is 396 g/mol. The Kier molecular flexibility index (Phi) is 5.76. The maximum absolute atomic E-state index is 13.1. The molecule has 0 spiro atoms. The van der Waals surface area contributed by atoms with Crippen molar-refractivity contribution in [2.75, 3.05) is 7.05 Å². The number of carbonyl (C=O) groups is 1. The van der Waals surface area contributed by atoms with E-state index in [0.717, 1.165) is 22.5 Å². The zero-order chi connectivity index (χ0) is 21.1. The minimum atomic E-state index is -0.0221. The van der Waals surface area contributed by atoms with Gasteiger partial charge in [0.2, 0.25) is 5.16 Å². The summed E-state index contributed by atoms with van der Waals surface area (Å²) in [6, 6.07) is 13.5. The van der Waals surface area contributed by atoms with Gasteiger partial charge in [0.05, 0.1) is 0 Å². The number of amides is 1. The molecule has 0 N–H and O–H groups in total. The second kappa shape index (κ2) is 8.62. The number of hydrogen-bond donors (Lipinski definition) is 0. The first-order valence-corrected chi connectivity index (χ1v) is 10.6. The van der Waals surface area contributed by atoms with Crippen molar-refractivity contribution in [2.24, 2.45) is 0 Å². The van der Waals surface area contributed by atoms with E-state index >= 15 is 0 Å². The summed E-state index contributed by atoms with van der Waals surface area (Å²) in [4.78, 5) is 27.8. The SMILES string of the molecule is Cc1cc(C)n2nc(SCc3ccccc3C(=O)N(C)Cc3cccnc3)nc2n1. The molecule has 0 fully saturated rings. The summed E-state index contributed by atoms with van der Waals surface area (Å²) in [5, 5.41) is 5.18. The summed E-state index contributed by atoms with van der Waals surface area (Å²) in [5.41, 5.74) is 4.53. The summed E-state index contributed by atoms with van der Waals surface area (Å²) in [6.45, 7) is 4.43. The van der Waals surface area contributed by atoms with Crippen molar-refractivity contribution in [2.45, 2.75) is 31.3 Å². The molecule has 0 aliphatic rings. The van der Waals surface area contributed by atoms with Gasteiger partial charge in [-0.2, -0.15) is 4.98 Å². The summed E-state index contributed by atoms with van der Waals surface area (Å²) in [5.74, 6) is 1.17. The third-order valence-corrected chi connectivity index (χ3v) is 5.58. The smallest absolute Gasteiger partial charge is 0.254 e. The Morgan fingerprint density at radius 3 is 2.77 bits per heavy atom. The molecule has 1 aromatic carbocycles. The number of nitrogens with zero attached hydrogens (tertiary/aromatic N) is 6. The number of rotatable bonds is 6. The molecule has 7 nitrogen and oxygen atoms in total. The van der Waals surface area contributed by atoms with Gasteiger partial charge in [-0.25, -0.2) is 9.50 Å². The number of carbonyl (C=O) groups excluding carboxylic acids is 1. The van der Waals surface area contributed by atoms with Crippen LogP contribution >= 0.6 is 11.8 Å². The van der Waals surface area contributed by atoms with Gasteiger partial charge in [0.25, 0.3) is 11.7 Å². The monoisotopic (exact) mass is 418 g/mol. The van der Waals surface area contributed by atoms with Crippen LogP contribution in [0.25, 0.3) is 5.78 Å². The van der Waals surface area contributed by atoms with E-state index in [1.807, 2.05) is 56.3 Å². The molecule has 0 saturated heterocycles. The normalized spacial score (nSPS) is 11.0. The van der Waals surface area contributed by atoms with Crippen molar-refractivity contribution in [3.8, 4) is 0 Å². The van der Waals surface area contributed by atoms with Crippen LogP contribution in [0, 0.1) is 13.8 Å². The lowest BCUT2D eigenvalue weighted by molar-refractivity contribution is 0.0784. The molecule has 8 heteroatoms. The number of pyridine rings is 1. The van der Waals surface area contributed by atoms with Gasteiger partial charge in [-0.15, -0.1) is 5.10 Å². The number of hydrogen-bond acceptors (Lipinski definition) is 6. The maximum atomic E-state index is 13.1. The van der Waals surface area contributed by atoms with Gasteiger partial charge < -0.3 is 4.90 Å². The van der Waals surface area contributed by atoms with Gasteiger partial charge >= 0.3 is 0 Å². The third-order valence-electron chi connectivity index (χ3n) is 4.69. The number of benzene rings is 1. The molecule has 0 atom stereocenters. The Hall–Kier alpha value is -3.26. The van der Waals surface area contributed by atoms with E-state index in [9.17, 15) is 4.79 Å². The van der Waals surface area contributed by atoms with Crippen LogP contribution in [0.1, 0.15) is 32.9 Å². The first-order valence-electron chi connectivity index (χ1n) is 9.57. The highest BCUT2D eigenvalue weighted by Gasteiger charge is 2.17. The Morgan fingerprint density at radius 2 is 1.97 bits per heavy atom. The predicted molar refractivity (Wildman–Crippen MR) is 116 cm³/mol. The molecule has 0 aliphatic carbocycles. The quantitative estimate of drug-likeness (QED) is 0.445. The van der Waals surface area contributed by atoms with Crippen molar-refractivity contribution >= 4 is 23.4 Å². The molecule has 0 unspecified atom stereocenters. The molecule has 4 rings (SSSR count). The minimum Gasteiger partial charge on any atom is -0.337 e. The average Bonchev–Trinajstić information content (AvgIpc) is 3.16. The zero-order valence-electron chi connectivity index (χ0n) is 17.1. The van der Waals surface area contributed by atoms with E-state index in [2.05, 4.69) is 20.1 Å². The van der Waals surface area contributed by atoms with Crippen molar-refractivity contribution < 1.29 is 4.79 Å². The highest BCUT2D eigenvalue weighted by Crippen LogP contribution is 2.23. The van der Waals surface area contributed by atoms with Crippen molar-refractivity contribution in [3.05, 3.63) is 82.9 Å². The number of fused-ring (bicyclic) bond motifs is 1. The molecule has 0 bridgehead atoms. The van der Waals surface area contributed by atoms with Crippen molar-refractivity contribution in [1.29, 1.82) is 0 Å². The molecule has 1 amide bonds. The highest BCUT2D eigenvalue weighted by atomic mass is 32.2. The number of aromatic nitrogens is 5. The molecule has 0 aliphatic heterocycles. The molecule has 0 radical (unpaired) electrons. The highest BCUT2D eigenvalue weighted by molar-refractivity contribution is 7.98. The van der Waals surface area contributed by atoms with Gasteiger partial charge in [-0.1, -0.05) is 36.0 Å². The van der Waals surface area contributed by atoms with Crippen LogP contribution in [-0.4, -0.2) is 42.4 Å². The van der Waals surface area contributed by atoms with Crippen LogP contribution < -0.4 is 0 Å². The standard InChI is InChI=1S/C22H22N6OS/c1-15-11-16(2)28-21(24-15)25-22(26-28)30-14-18-8-4-5-9-19(18)20(29)27(3)13-17-7-6-10-23-12-17/h4-12H,13-14H2,1-3H3. The predicted octanol–water partition coefficient (Wildman–Crippen LogP) is 3.70. The molecule has 3 aromatic heterocycles. The summed E-state index contributed by atoms with van der Waals surface area (Å²) < 4.78 is 1.74. The van der Waals surface area contributed by atoms with E-state index in [0.29, 0.717) is 28.8 Å². The van der Waals surface area contributed by atoms with E-state index in [4.69, 9.17) is 0 Å². The molecular formula is C22H22N6OS. The van der Waals surface area contributed by atoms with E-state index < -0.39 is 0 Å². The van der Waals surface area contributed by atoms with Crippen molar-refractivity contribution in [1.82, 2.24) is 29.5 Å². The lowest BCUT2D eigenvalue weighted by Gasteiger charge is -2.19. The zero-order valence-corrected chi connectivity index (χ0v) is 17.9. The van der Waals surface area contributed by atoms with Crippen LogP contribution in [0.2, 0.25) is 0 Å². The van der Waals surface area contributed by atoms with E-state index in [1.54, 1.807) is 28.9 Å². The van der Waals surface area contributed by atoms with Gasteiger partial charge in [-0.05, 0) is 43.2 Å². The van der Waals surface area contributed by atoms with Gasteiger partial charge in [-0.3, -0.25) is 9.78 Å². The minimum absolute atomic E-state index is 0.0221. The molecule has 0 saturated carbocycles. The van der Waals surface area contributed by atoms with Gasteiger partial charge in [0.15, 0.2) is 0 Å². The summed E-state index contributed by atoms with van der Waals surface area (Å²) in [6.07, 6.45) is 3.50. The van der Waals surface area contributed by atoms with Crippen LogP contribution in [-0.2, 0) is 12.3 Å². The van der Waals surface area contributed by atoms with E-state index in [-0.39, 0.29) is 5.91 Å². The Labute approximate surface area is 179 Å². The fourth-order valence-corrected chi connectivity index (χ4v) is 4.07. The lowest BCUT2D eigenvalue weighted by atomic mass is 10.1. The fourth-order valence-electron chi connectivity index (χ4n) is 3.25. The molecule has 30 heavy (non-hydrogen) atoms. The Balaban J connectivity index is 1.50. The topological polar surface area (TPSA) is 76.3 Å². The van der Waals surface area contributed by atoms with Crippen molar-refractivity contribution in [3.63, 3.8) is 0 Å². The molecule has 3 heterocycles. The van der Waals surface area contributed by atoms with Crippen LogP contribution in [0.4, 0.5) is 0 Å². The van der Waals surface area contributed by atoms with E-state index in [1.165, 1.54) is 11.8 Å². The Bertz CT molecular complexity index is 1190. The number of aryl methyl sites for hydroxylation is 2. The maximum Gasteiger partial charge on any atom is 0.254 e. The average molecular weight is 419 g/mol. The molecule has 152 valence electrons. The largest absolute Gasteiger partial charge is 0.337 e. The first-order chi connectivity index (χ1) is 14.5. The van der Waals surface area contributed by atoms with Crippen LogP contribution in [0.15, 0.2) is 60.0 Å². The number of thioether (sulfide) groups is 1. The molecule has 4 aromatic rings. The second-order valence-electron chi connectivity index (χ2n) is 7.11. The Morgan fingerprint density at radius 1 is 1.13 bits per heavy atom. The third kappa shape index (κ3) is 4.33. The van der Waals surface area contributed by atoms with Crippen LogP contribution in [0.5, 0.6) is 0 Å². The fraction of sp³-hybridized carbons (Fsp3) is 0.227. The van der Waals surface area contributed by atoms with Gasteiger partial charge in [0.1, 0.15) is 0 Å². The first kappa shape index (κ1) is 20.0. The lowest BCUT2D eigenvalue weighted by Crippen LogP contribution is -2.27. The summed E-state index contributed by atoms with van der Waals surface area (Å²) >= 11 is 1.50. The second-order valence-corrected chi connectivity index (χ2v) is 8.06. The summed E-state index contributed by atoms with van der Waals surface area (Å²) in [7, 11) is 1.81. The van der Waals surface area contributed by atoms with Gasteiger partial charge in [0, 0.05) is 48.7 Å².